The smallest absolute Gasteiger partial charge is 0.251 e. The molecule has 4 rings (SSSR count). The highest BCUT2D eigenvalue weighted by atomic mass is 16.5. The lowest BCUT2D eigenvalue weighted by Gasteiger charge is -2.31. The van der Waals surface area contributed by atoms with Gasteiger partial charge >= 0.3 is 0 Å². The van der Waals surface area contributed by atoms with Crippen molar-refractivity contribution in [3.8, 4) is 5.75 Å². The molecule has 2 unspecified atom stereocenters. The third-order valence-corrected chi connectivity index (χ3v) is 5.04. The summed E-state index contributed by atoms with van der Waals surface area (Å²) in [6.07, 6.45) is 4.56. The van der Waals surface area contributed by atoms with Gasteiger partial charge < -0.3 is 14.6 Å². The molecule has 0 bridgehead atoms. The number of methoxy groups -OCH3 is 1. The number of benzene rings is 2. The Balaban J connectivity index is 1.48. The summed E-state index contributed by atoms with van der Waals surface area (Å²) in [5, 5.41) is 1.93. The van der Waals surface area contributed by atoms with Crippen LogP contribution < -0.4 is 10.2 Å². The predicted octanol–water partition coefficient (Wildman–Crippen LogP) is 3.14. The lowest BCUT2D eigenvalue weighted by Crippen LogP contribution is -2.47. The molecule has 2 aromatic rings. The number of nitrogens with one attached hydrogen (secondary N) is 1. The fourth-order valence-electron chi connectivity index (χ4n) is 3.53. The van der Waals surface area contributed by atoms with Gasteiger partial charge in [-0.15, -0.1) is 0 Å². The maximum absolute atomic E-state index is 12.9. The van der Waals surface area contributed by atoms with Crippen LogP contribution in [-0.4, -0.2) is 29.0 Å². The van der Waals surface area contributed by atoms with Crippen LogP contribution in [0.15, 0.2) is 60.9 Å². The Hall–Kier alpha value is -2.79. The van der Waals surface area contributed by atoms with Crippen LogP contribution in [0.5, 0.6) is 5.75 Å². The summed E-state index contributed by atoms with van der Waals surface area (Å²) in [4.78, 5) is 14.8. The molecule has 2 aliphatic rings. The third kappa shape index (κ3) is 3.18. The Bertz CT molecular complexity index is 831. The average molecular weight is 349 g/mol. The first-order chi connectivity index (χ1) is 12.6. The van der Waals surface area contributed by atoms with Crippen molar-refractivity contribution in [3.63, 3.8) is 0 Å². The van der Waals surface area contributed by atoms with Crippen molar-refractivity contribution in [3.05, 3.63) is 77.6 Å². The summed E-state index contributed by atoms with van der Waals surface area (Å²) >= 11 is 0. The van der Waals surface area contributed by atoms with E-state index in [1.54, 1.807) is 7.11 Å². The summed E-state index contributed by atoms with van der Waals surface area (Å²) in [6, 6.07) is 16.2. The highest BCUT2D eigenvalue weighted by Crippen LogP contribution is 2.32. The molecule has 2 heterocycles. The van der Waals surface area contributed by atoms with E-state index in [-0.39, 0.29) is 18.0 Å². The maximum Gasteiger partial charge on any atom is 0.251 e. The van der Waals surface area contributed by atoms with E-state index in [4.69, 9.17) is 4.74 Å². The van der Waals surface area contributed by atoms with Gasteiger partial charge in [0.2, 0.25) is 0 Å². The molecule has 5 heteroatoms. The quantitative estimate of drug-likeness (QED) is 0.921. The van der Waals surface area contributed by atoms with E-state index in [2.05, 4.69) is 42.7 Å². The minimum atomic E-state index is -0.179. The van der Waals surface area contributed by atoms with E-state index in [0.29, 0.717) is 6.54 Å². The van der Waals surface area contributed by atoms with Crippen LogP contribution in [0.2, 0.25) is 0 Å². The zero-order chi connectivity index (χ0) is 18.1. The van der Waals surface area contributed by atoms with Crippen molar-refractivity contribution in [2.75, 3.05) is 7.11 Å². The first-order valence-electron chi connectivity index (χ1n) is 8.87. The molecule has 0 aromatic heterocycles. The molecule has 2 aliphatic heterocycles. The van der Waals surface area contributed by atoms with E-state index >= 15 is 0 Å². The Morgan fingerprint density at radius 2 is 1.96 bits per heavy atom. The molecule has 0 saturated carbocycles. The fourth-order valence-corrected chi connectivity index (χ4v) is 3.53. The molecule has 26 heavy (non-hydrogen) atoms. The first kappa shape index (κ1) is 16.7. The van der Waals surface area contributed by atoms with Gasteiger partial charge in [-0.1, -0.05) is 42.0 Å². The van der Waals surface area contributed by atoms with Crippen molar-refractivity contribution in [2.45, 2.75) is 32.0 Å². The van der Waals surface area contributed by atoms with Gasteiger partial charge in [-0.3, -0.25) is 4.79 Å². The zero-order valence-corrected chi connectivity index (χ0v) is 15.1. The highest BCUT2D eigenvalue weighted by Gasteiger charge is 2.39. The SMILES string of the molecule is COc1cccc(C2CC3C(=O)N(Cc4ccc(C)cc4)C=CN3N2)c1. The highest BCUT2D eigenvalue weighted by molar-refractivity contribution is 5.84. The standard InChI is InChI=1S/C21H23N3O2/c1-15-6-8-16(9-7-15)14-23-10-11-24-20(21(23)25)13-19(22-24)17-4-3-5-18(12-17)26-2/h3-12,19-20,22H,13-14H2,1-2H3. The normalized spacial score (nSPS) is 21.8. The Morgan fingerprint density at radius 3 is 2.73 bits per heavy atom. The predicted molar refractivity (Wildman–Crippen MR) is 100.0 cm³/mol. The molecule has 1 amide bonds. The van der Waals surface area contributed by atoms with Gasteiger partial charge in [0.15, 0.2) is 0 Å². The first-order valence-corrected chi connectivity index (χ1v) is 8.87. The van der Waals surface area contributed by atoms with Crippen LogP contribution in [0.3, 0.4) is 0 Å². The average Bonchev–Trinajstić information content (AvgIpc) is 3.11. The molecule has 5 nitrogen and oxygen atoms in total. The van der Waals surface area contributed by atoms with Gasteiger partial charge in [0, 0.05) is 12.4 Å². The van der Waals surface area contributed by atoms with Crippen molar-refractivity contribution in [1.82, 2.24) is 15.3 Å². The lowest BCUT2D eigenvalue weighted by molar-refractivity contribution is -0.134. The number of nitrogens with zero attached hydrogens (tertiary/aromatic N) is 2. The van der Waals surface area contributed by atoms with E-state index in [1.165, 1.54) is 5.56 Å². The third-order valence-electron chi connectivity index (χ3n) is 5.04. The van der Waals surface area contributed by atoms with Crippen LogP contribution >= 0.6 is 0 Å². The van der Waals surface area contributed by atoms with E-state index in [0.717, 1.165) is 23.3 Å². The second kappa shape index (κ2) is 6.84. The second-order valence-electron chi connectivity index (χ2n) is 6.87. The molecule has 0 radical (unpaired) electrons. The van der Waals surface area contributed by atoms with Crippen LogP contribution in [-0.2, 0) is 11.3 Å². The number of rotatable bonds is 4. The summed E-state index contributed by atoms with van der Waals surface area (Å²) in [7, 11) is 1.67. The summed E-state index contributed by atoms with van der Waals surface area (Å²) in [6.45, 7) is 2.67. The molecular formula is C21H23N3O2. The Kier molecular flexibility index (Phi) is 4.39. The number of hydrogen-bond acceptors (Lipinski definition) is 4. The number of amides is 1. The number of carbonyl (C=O) groups is 1. The Labute approximate surface area is 153 Å². The molecule has 0 aliphatic carbocycles. The lowest BCUT2D eigenvalue weighted by atomic mass is 10.0. The molecule has 134 valence electrons. The second-order valence-corrected chi connectivity index (χ2v) is 6.87. The molecule has 0 spiro atoms. The van der Waals surface area contributed by atoms with Gasteiger partial charge in [0.05, 0.1) is 19.7 Å². The van der Waals surface area contributed by atoms with Crippen LogP contribution in [0.4, 0.5) is 0 Å². The van der Waals surface area contributed by atoms with E-state index < -0.39 is 0 Å². The summed E-state index contributed by atoms with van der Waals surface area (Å²) < 4.78 is 5.32. The van der Waals surface area contributed by atoms with Crippen LogP contribution in [0.1, 0.15) is 29.2 Å². The van der Waals surface area contributed by atoms with Crippen molar-refractivity contribution >= 4 is 5.91 Å². The van der Waals surface area contributed by atoms with Gasteiger partial charge in [-0.05, 0) is 36.6 Å². The molecule has 1 N–H and O–H groups in total. The number of aryl methyl sites for hydroxylation is 1. The van der Waals surface area contributed by atoms with E-state index in [1.807, 2.05) is 40.5 Å². The zero-order valence-electron chi connectivity index (χ0n) is 15.1. The molecule has 2 atom stereocenters. The molecule has 1 saturated heterocycles. The topological polar surface area (TPSA) is 44.8 Å². The van der Waals surface area contributed by atoms with Gasteiger partial charge in [0.1, 0.15) is 11.8 Å². The fraction of sp³-hybridized carbons (Fsp3) is 0.286. The summed E-state index contributed by atoms with van der Waals surface area (Å²) in [5.74, 6) is 0.961. The number of fused-ring (bicyclic) bond motifs is 1. The van der Waals surface area contributed by atoms with Crippen molar-refractivity contribution in [2.24, 2.45) is 0 Å². The van der Waals surface area contributed by atoms with Gasteiger partial charge in [-0.2, -0.15) is 0 Å². The number of hydrazine groups is 1. The van der Waals surface area contributed by atoms with Crippen molar-refractivity contribution < 1.29 is 9.53 Å². The monoisotopic (exact) mass is 349 g/mol. The molecular weight excluding hydrogens is 326 g/mol. The minimum absolute atomic E-state index is 0.100. The largest absolute Gasteiger partial charge is 0.497 e. The molecule has 2 aromatic carbocycles. The van der Waals surface area contributed by atoms with Crippen LogP contribution in [0.25, 0.3) is 0 Å². The number of hydrogen-bond donors (Lipinski definition) is 1. The minimum Gasteiger partial charge on any atom is -0.497 e. The summed E-state index contributed by atoms with van der Waals surface area (Å²) in [5.41, 5.74) is 6.92. The van der Waals surface area contributed by atoms with Crippen LogP contribution in [0, 0.1) is 6.92 Å². The van der Waals surface area contributed by atoms with Gasteiger partial charge in [-0.25, -0.2) is 5.43 Å². The van der Waals surface area contributed by atoms with Crippen molar-refractivity contribution in [1.29, 1.82) is 0 Å². The maximum atomic E-state index is 12.9. The molecule has 1 fully saturated rings. The number of ether oxygens (including phenoxy) is 1. The number of carbonyl (C=O) groups excluding carboxylic acids is 1. The van der Waals surface area contributed by atoms with E-state index in [9.17, 15) is 4.79 Å². The van der Waals surface area contributed by atoms with Gasteiger partial charge in [0.25, 0.3) is 5.91 Å². The Morgan fingerprint density at radius 1 is 1.15 bits per heavy atom.